The number of nitrogens with zero attached hydrogens (tertiary/aromatic N) is 1. The second-order valence-corrected chi connectivity index (χ2v) is 6.25. The number of rotatable bonds is 4. The third-order valence-electron chi connectivity index (χ3n) is 4.42. The molecular formula is C23H18N2O. The summed E-state index contributed by atoms with van der Waals surface area (Å²) < 4.78 is 0. The van der Waals surface area contributed by atoms with Gasteiger partial charge in [-0.05, 0) is 12.5 Å². The molecule has 0 radical (unpaired) electrons. The molecule has 1 aromatic heterocycles. The van der Waals surface area contributed by atoms with E-state index in [0.29, 0.717) is 11.3 Å². The fourth-order valence-corrected chi connectivity index (χ4v) is 3.05. The summed E-state index contributed by atoms with van der Waals surface area (Å²) in [5.41, 5.74) is 5.85. The van der Waals surface area contributed by atoms with Gasteiger partial charge in [0, 0.05) is 16.7 Å². The van der Waals surface area contributed by atoms with Crippen molar-refractivity contribution in [2.24, 2.45) is 0 Å². The Morgan fingerprint density at radius 2 is 1.35 bits per heavy atom. The number of carbonyl (C=O) groups excluding carboxylic acids is 1. The van der Waals surface area contributed by atoms with E-state index in [1.165, 1.54) is 0 Å². The average molecular weight is 338 g/mol. The number of nitrogens with one attached hydrogen (secondary N) is 1. The first-order valence-corrected chi connectivity index (χ1v) is 8.54. The number of aryl methyl sites for hydroxylation is 1. The molecule has 126 valence electrons. The van der Waals surface area contributed by atoms with Gasteiger partial charge in [-0.25, -0.2) is 0 Å². The van der Waals surface area contributed by atoms with Crippen LogP contribution in [-0.4, -0.2) is 16.0 Å². The van der Waals surface area contributed by atoms with E-state index in [9.17, 15) is 4.79 Å². The van der Waals surface area contributed by atoms with Gasteiger partial charge in [0.25, 0.3) is 0 Å². The van der Waals surface area contributed by atoms with Gasteiger partial charge in [-0.15, -0.1) is 0 Å². The summed E-state index contributed by atoms with van der Waals surface area (Å²) in [5, 5.41) is 7.47. The fraction of sp³-hybridized carbons (Fsp3) is 0.0435. The minimum atomic E-state index is -0.0569. The normalized spacial score (nSPS) is 10.7. The molecule has 0 fully saturated rings. The second-order valence-electron chi connectivity index (χ2n) is 6.25. The van der Waals surface area contributed by atoms with Gasteiger partial charge in [0.2, 0.25) is 5.78 Å². The standard InChI is InChI=1S/C23H18N2O/c1-16-12-14-19(15-13-16)23(26)22-20(17-8-4-2-5-9-17)21(24-25-22)18-10-6-3-7-11-18/h2-15H,1H3,(H,24,25). The zero-order valence-electron chi connectivity index (χ0n) is 14.4. The van der Waals surface area contributed by atoms with E-state index in [1.807, 2.05) is 91.9 Å². The van der Waals surface area contributed by atoms with Crippen molar-refractivity contribution in [3.05, 3.63) is 102 Å². The van der Waals surface area contributed by atoms with E-state index in [-0.39, 0.29) is 5.78 Å². The fourth-order valence-electron chi connectivity index (χ4n) is 3.05. The molecule has 0 saturated carbocycles. The molecule has 1 N–H and O–H groups in total. The van der Waals surface area contributed by atoms with Gasteiger partial charge in [-0.2, -0.15) is 5.10 Å². The lowest BCUT2D eigenvalue weighted by Gasteiger charge is -2.07. The second kappa shape index (κ2) is 6.81. The van der Waals surface area contributed by atoms with Crippen LogP contribution < -0.4 is 0 Å². The first-order valence-electron chi connectivity index (χ1n) is 8.54. The highest BCUT2D eigenvalue weighted by atomic mass is 16.1. The number of aromatic nitrogens is 2. The van der Waals surface area contributed by atoms with Gasteiger partial charge >= 0.3 is 0 Å². The molecule has 1 heterocycles. The first kappa shape index (κ1) is 16.0. The van der Waals surface area contributed by atoms with Crippen LogP contribution in [0.4, 0.5) is 0 Å². The van der Waals surface area contributed by atoms with Crippen LogP contribution in [0.2, 0.25) is 0 Å². The monoisotopic (exact) mass is 338 g/mol. The Morgan fingerprint density at radius 3 is 1.96 bits per heavy atom. The van der Waals surface area contributed by atoms with Crippen molar-refractivity contribution < 1.29 is 4.79 Å². The maximum atomic E-state index is 13.1. The summed E-state index contributed by atoms with van der Waals surface area (Å²) >= 11 is 0. The number of aromatic amines is 1. The minimum Gasteiger partial charge on any atom is -0.287 e. The summed E-state index contributed by atoms with van der Waals surface area (Å²) in [4.78, 5) is 13.1. The smallest absolute Gasteiger partial charge is 0.211 e. The van der Waals surface area contributed by atoms with Crippen LogP contribution >= 0.6 is 0 Å². The van der Waals surface area contributed by atoms with Crippen molar-refractivity contribution in [2.45, 2.75) is 6.92 Å². The Labute approximate surface area is 152 Å². The molecule has 3 heteroatoms. The van der Waals surface area contributed by atoms with E-state index < -0.39 is 0 Å². The van der Waals surface area contributed by atoms with Gasteiger partial charge in [0.1, 0.15) is 11.4 Å². The maximum Gasteiger partial charge on any atom is 0.211 e. The molecule has 4 aromatic rings. The predicted octanol–water partition coefficient (Wildman–Crippen LogP) is 5.28. The van der Waals surface area contributed by atoms with Crippen molar-refractivity contribution in [1.29, 1.82) is 0 Å². The Bertz CT molecular complexity index is 1030. The predicted molar refractivity (Wildman–Crippen MR) is 104 cm³/mol. The van der Waals surface area contributed by atoms with Gasteiger partial charge in [0.05, 0.1) is 0 Å². The minimum absolute atomic E-state index is 0.0569. The number of hydrogen-bond donors (Lipinski definition) is 1. The number of hydrogen-bond acceptors (Lipinski definition) is 2. The van der Waals surface area contributed by atoms with E-state index in [0.717, 1.165) is 27.9 Å². The lowest BCUT2D eigenvalue weighted by molar-refractivity contribution is 0.103. The van der Waals surface area contributed by atoms with E-state index in [2.05, 4.69) is 10.2 Å². The van der Waals surface area contributed by atoms with Gasteiger partial charge in [-0.1, -0.05) is 90.5 Å². The molecule has 0 spiro atoms. The van der Waals surface area contributed by atoms with Crippen LogP contribution in [0.25, 0.3) is 22.4 Å². The van der Waals surface area contributed by atoms with Crippen LogP contribution in [0.15, 0.2) is 84.9 Å². The SMILES string of the molecule is Cc1ccc(C(=O)c2[nH]nc(-c3ccccc3)c2-c2ccccc2)cc1. The van der Waals surface area contributed by atoms with E-state index in [1.54, 1.807) is 0 Å². The zero-order valence-corrected chi connectivity index (χ0v) is 14.4. The van der Waals surface area contributed by atoms with Crippen molar-refractivity contribution in [2.75, 3.05) is 0 Å². The van der Waals surface area contributed by atoms with Crippen molar-refractivity contribution >= 4 is 5.78 Å². The van der Waals surface area contributed by atoms with Crippen LogP contribution in [0, 0.1) is 6.92 Å². The molecule has 3 nitrogen and oxygen atoms in total. The van der Waals surface area contributed by atoms with Gasteiger partial charge in [0.15, 0.2) is 0 Å². The van der Waals surface area contributed by atoms with Crippen LogP contribution in [0.3, 0.4) is 0 Å². The van der Waals surface area contributed by atoms with Crippen molar-refractivity contribution in [3.8, 4) is 22.4 Å². The molecule has 0 amide bonds. The molecule has 0 aliphatic rings. The summed E-state index contributed by atoms with van der Waals surface area (Å²) in [7, 11) is 0. The Morgan fingerprint density at radius 1 is 0.769 bits per heavy atom. The van der Waals surface area contributed by atoms with E-state index >= 15 is 0 Å². The van der Waals surface area contributed by atoms with Crippen LogP contribution in [0.5, 0.6) is 0 Å². The Balaban J connectivity index is 1.89. The molecule has 3 aromatic carbocycles. The average Bonchev–Trinajstić information content (AvgIpc) is 3.14. The Hall–Kier alpha value is -3.46. The van der Waals surface area contributed by atoms with E-state index in [4.69, 9.17) is 0 Å². The molecule has 0 aliphatic carbocycles. The lowest BCUT2D eigenvalue weighted by Crippen LogP contribution is -2.04. The third-order valence-corrected chi connectivity index (χ3v) is 4.42. The Kier molecular flexibility index (Phi) is 4.20. The molecule has 0 aliphatic heterocycles. The topological polar surface area (TPSA) is 45.8 Å². The highest BCUT2D eigenvalue weighted by molar-refractivity contribution is 6.13. The molecule has 4 rings (SSSR count). The zero-order chi connectivity index (χ0) is 17.9. The summed E-state index contributed by atoms with van der Waals surface area (Å²) in [5.74, 6) is -0.0569. The summed E-state index contributed by atoms with van der Waals surface area (Å²) in [6.07, 6.45) is 0. The third kappa shape index (κ3) is 2.95. The first-order chi connectivity index (χ1) is 12.7. The molecule has 0 atom stereocenters. The molecular weight excluding hydrogens is 320 g/mol. The van der Waals surface area contributed by atoms with Crippen LogP contribution in [0.1, 0.15) is 21.6 Å². The molecule has 0 unspecified atom stereocenters. The van der Waals surface area contributed by atoms with Crippen molar-refractivity contribution in [1.82, 2.24) is 10.2 Å². The lowest BCUT2D eigenvalue weighted by atomic mass is 9.95. The number of carbonyl (C=O) groups is 1. The summed E-state index contributed by atoms with van der Waals surface area (Å²) in [6, 6.07) is 27.4. The number of benzene rings is 3. The summed E-state index contributed by atoms with van der Waals surface area (Å²) in [6.45, 7) is 2.01. The van der Waals surface area contributed by atoms with Crippen molar-refractivity contribution in [3.63, 3.8) is 0 Å². The van der Waals surface area contributed by atoms with Crippen LogP contribution in [-0.2, 0) is 0 Å². The number of ketones is 1. The maximum absolute atomic E-state index is 13.1. The number of H-pyrrole nitrogens is 1. The van der Waals surface area contributed by atoms with Gasteiger partial charge in [-0.3, -0.25) is 9.89 Å². The molecule has 0 bridgehead atoms. The molecule has 26 heavy (non-hydrogen) atoms. The van der Waals surface area contributed by atoms with Gasteiger partial charge < -0.3 is 0 Å². The highest BCUT2D eigenvalue weighted by Gasteiger charge is 2.22. The highest BCUT2D eigenvalue weighted by Crippen LogP contribution is 2.34. The molecule has 0 saturated heterocycles. The quantitative estimate of drug-likeness (QED) is 0.514. The largest absolute Gasteiger partial charge is 0.287 e.